The van der Waals surface area contributed by atoms with Crippen LogP contribution >= 0.6 is 11.6 Å². The summed E-state index contributed by atoms with van der Waals surface area (Å²) in [6.07, 6.45) is 3.00. The summed E-state index contributed by atoms with van der Waals surface area (Å²) in [5, 5.41) is 14.5. The first-order valence-electron chi connectivity index (χ1n) is 6.12. The van der Waals surface area contributed by atoms with Crippen molar-refractivity contribution in [1.82, 2.24) is 5.32 Å². The second kappa shape index (κ2) is 7.63. The van der Waals surface area contributed by atoms with E-state index in [1.165, 1.54) is 18.2 Å². The van der Waals surface area contributed by atoms with Crippen LogP contribution in [0.2, 0.25) is 5.02 Å². The fraction of sp³-hybridized carbons (Fsp3) is 0.385. The van der Waals surface area contributed by atoms with Gasteiger partial charge in [0.15, 0.2) is 0 Å². The number of rotatable bonds is 6. The topological polar surface area (TPSA) is 78.4 Å². The maximum atomic E-state index is 11.6. The van der Waals surface area contributed by atoms with Gasteiger partial charge in [0.25, 0.3) is 0 Å². The maximum Gasteiger partial charge on any atom is 0.337 e. The number of benzene rings is 1. The van der Waals surface area contributed by atoms with Crippen LogP contribution in [0, 0.1) is 0 Å². The van der Waals surface area contributed by atoms with Crippen molar-refractivity contribution in [2.24, 2.45) is 0 Å². The van der Waals surface area contributed by atoms with Gasteiger partial charge in [0.1, 0.15) is 0 Å². The fourth-order valence-corrected chi connectivity index (χ4v) is 1.72. The van der Waals surface area contributed by atoms with E-state index in [1.807, 2.05) is 0 Å². The number of anilines is 1. The molecular weight excluding hydrogens is 268 g/mol. The molecule has 1 rings (SSSR count). The quantitative estimate of drug-likeness (QED) is 0.701. The lowest BCUT2D eigenvalue weighted by atomic mass is 10.2. The van der Waals surface area contributed by atoms with Crippen LogP contribution in [-0.2, 0) is 0 Å². The number of carboxylic acid groups (broad SMARTS) is 1. The second-order valence-electron chi connectivity index (χ2n) is 4.08. The van der Waals surface area contributed by atoms with Crippen molar-refractivity contribution in [3.8, 4) is 0 Å². The van der Waals surface area contributed by atoms with E-state index in [1.54, 1.807) is 0 Å². The number of hydrogen-bond acceptors (Lipinski definition) is 2. The summed E-state index contributed by atoms with van der Waals surface area (Å²) in [6, 6.07) is 3.81. The van der Waals surface area contributed by atoms with Crippen LogP contribution in [0.1, 0.15) is 36.5 Å². The predicted octanol–water partition coefficient (Wildman–Crippen LogP) is 3.35. The smallest absolute Gasteiger partial charge is 0.337 e. The molecule has 0 aliphatic carbocycles. The third kappa shape index (κ3) is 5.18. The zero-order valence-electron chi connectivity index (χ0n) is 10.7. The minimum absolute atomic E-state index is 0.00751. The standard InChI is InChI=1S/C13H17ClN2O3/c1-2-3-4-7-15-13(19)16-11-8-9(14)5-6-10(11)12(17)18/h5-6,8H,2-4,7H2,1H3,(H,17,18)(H2,15,16,19). The first-order chi connectivity index (χ1) is 9.04. The highest BCUT2D eigenvalue weighted by Gasteiger charge is 2.12. The molecule has 5 nitrogen and oxygen atoms in total. The van der Waals surface area contributed by atoms with Crippen LogP contribution < -0.4 is 10.6 Å². The largest absolute Gasteiger partial charge is 0.478 e. The molecule has 0 aliphatic rings. The first kappa shape index (κ1) is 15.3. The second-order valence-corrected chi connectivity index (χ2v) is 4.52. The summed E-state index contributed by atoms with van der Waals surface area (Å²) in [7, 11) is 0. The number of halogens is 1. The number of amides is 2. The van der Waals surface area contributed by atoms with Crippen LogP contribution in [0.5, 0.6) is 0 Å². The Hall–Kier alpha value is -1.75. The van der Waals surface area contributed by atoms with E-state index in [4.69, 9.17) is 16.7 Å². The lowest BCUT2D eigenvalue weighted by Gasteiger charge is -2.10. The van der Waals surface area contributed by atoms with Gasteiger partial charge in [0, 0.05) is 11.6 Å². The Morgan fingerprint density at radius 3 is 2.68 bits per heavy atom. The predicted molar refractivity (Wildman–Crippen MR) is 75.0 cm³/mol. The highest BCUT2D eigenvalue weighted by Crippen LogP contribution is 2.21. The van der Waals surface area contributed by atoms with E-state index in [0.29, 0.717) is 11.6 Å². The van der Waals surface area contributed by atoms with Crippen molar-refractivity contribution >= 4 is 29.3 Å². The van der Waals surface area contributed by atoms with Gasteiger partial charge in [-0.05, 0) is 24.6 Å². The molecule has 0 saturated carbocycles. The van der Waals surface area contributed by atoms with Gasteiger partial charge >= 0.3 is 12.0 Å². The summed E-state index contributed by atoms with van der Waals surface area (Å²) in [5.74, 6) is -1.11. The van der Waals surface area contributed by atoms with Gasteiger partial charge in [0.05, 0.1) is 11.3 Å². The van der Waals surface area contributed by atoms with Crippen molar-refractivity contribution in [1.29, 1.82) is 0 Å². The summed E-state index contributed by atoms with van der Waals surface area (Å²) in [5.41, 5.74) is 0.195. The summed E-state index contributed by atoms with van der Waals surface area (Å²) < 4.78 is 0. The Kier molecular flexibility index (Phi) is 6.15. The van der Waals surface area contributed by atoms with E-state index < -0.39 is 12.0 Å². The highest BCUT2D eigenvalue weighted by molar-refractivity contribution is 6.31. The number of hydrogen-bond donors (Lipinski definition) is 3. The average molecular weight is 285 g/mol. The average Bonchev–Trinajstić information content (AvgIpc) is 2.34. The Labute approximate surface area is 117 Å². The molecule has 0 aromatic heterocycles. The molecule has 0 bridgehead atoms. The molecule has 0 aliphatic heterocycles. The Morgan fingerprint density at radius 2 is 2.05 bits per heavy atom. The van der Waals surface area contributed by atoms with Gasteiger partial charge in [-0.15, -0.1) is 0 Å². The molecule has 1 aromatic carbocycles. The van der Waals surface area contributed by atoms with E-state index >= 15 is 0 Å². The molecule has 0 fully saturated rings. The number of carbonyl (C=O) groups excluding carboxylic acids is 1. The van der Waals surface area contributed by atoms with Crippen molar-refractivity contribution in [2.75, 3.05) is 11.9 Å². The van der Waals surface area contributed by atoms with Gasteiger partial charge in [-0.25, -0.2) is 9.59 Å². The molecule has 104 valence electrons. The molecule has 3 N–H and O–H groups in total. The molecule has 19 heavy (non-hydrogen) atoms. The molecule has 0 radical (unpaired) electrons. The number of carboxylic acids is 1. The highest BCUT2D eigenvalue weighted by atomic mass is 35.5. The van der Waals surface area contributed by atoms with Crippen LogP contribution in [-0.4, -0.2) is 23.7 Å². The minimum Gasteiger partial charge on any atom is -0.478 e. The summed E-state index contributed by atoms with van der Waals surface area (Å²) >= 11 is 5.79. The van der Waals surface area contributed by atoms with Crippen LogP contribution in [0.4, 0.5) is 10.5 Å². The van der Waals surface area contributed by atoms with Gasteiger partial charge in [-0.3, -0.25) is 0 Å². The molecule has 2 amide bonds. The zero-order valence-corrected chi connectivity index (χ0v) is 11.5. The lowest BCUT2D eigenvalue weighted by molar-refractivity contribution is 0.0698. The van der Waals surface area contributed by atoms with Gasteiger partial charge in [0.2, 0.25) is 0 Å². The molecular formula is C13H17ClN2O3. The fourth-order valence-electron chi connectivity index (χ4n) is 1.55. The summed E-state index contributed by atoms with van der Waals surface area (Å²) in [6.45, 7) is 2.63. The third-order valence-electron chi connectivity index (χ3n) is 2.53. The molecule has 0 unspecified atom stereocenters. The van der Waals surface area contributed by atoms with E-state index in [2.05, 4.69) is 17.6 Å². The van der Waals surface area contributed by atoms with E-state index in [9.17, 15) is 9.59 Å². The Balaban J connectivity index is 2.62. The number of aromatic carboxylic acids is 1. The number of nitrogens with one attached hydrogen (secondary N) is 2. The van der Waals surface area contributed by atoms with Gasteiger partial charge in [-0.1, -0.05) is 31.4 Å². The SMILES string of the molecule is CCCCCNC(=O)Nc1cc(Cl)ccc1C(=O)O. The molecule has 0 spiro atoms. The van der Waals surface area contributed by atoms with Crippen molar-refractivity contribution in [3.63, 3.8) is 0 Å². The maximum absolute atomic E-state index is 11.6. The van der Waals surface area contributed by atoms with Gasteiger partial charge < -0.3 is 15.7 Å². The normalized spacial score (nSPS) is 10.0. The summed E-state index contributed by atoms with van der Waals surface area (Å²) in [4.78, 5) is 22.6. The third-order valence-corrected chi connectivity index (χ3v) is 2.76. The van der Waals surface area contributed by atoms with Crippen molar-refractivity contribution in [2.45, 2.75) is 26.2 Å². The molecule has 1 aromatic rings. The number of carbonyl (C=O) groups is 2. The van der Waals surface area contributed by atoms with E-state index in [0.717, 1.165) is 19.3 Å². The van der Waals surface area contributed by atoms with Crippen LogP contribution in [0.15, 0.2) is 18.2 Å². The Morgan fingerprint density at radius 1 is 1.32 bits per heavy atom. The van der Waals surface area contributed by atoms with Crippen LogP contribution in [0.25, 0.3) is 0 Å². The van der Waals surface area contributed by atoms with Crippen LogP contribution in [0.3, 0.4) is 0 Å². The van der Waals surface area contributed by atoms with Gasteiger partial charge in [-0.2, -0.15) is 0 Å². The molecule has 0 saturated heterocycles. The number of unbranched alkanes of at least 4 members (excludes halogenated alkanes) is 2. The lowest BCUT2D eigenvalue weighted by Crippen LogP contribution is -2.30. The zero-order chi connectivity index (χ0) is 14.3. The first-order valence-corrected chi connectivity index (χ1v) is 6.50. The van der Waals surface area contributed by atoms with Crippen molar-refractivity contribution in [3.05, 3.63) is 28.8 Å². The monoisotopic (exact) mass is 284 g/mol. The molecule has 6 heteroatoms. The van der Waals surface area contributed by atoms with E-state index in [-0.39, 0.29) is 11.3 Å². The number of urea groups is 1. The molecule has 0 heterocycles. The minimum atomic E-state index is -1.11. The Bertz CT molecular complexity index is 463. The molecule has 0 atom stereocenters. The van der Waals surface area contributed by atoms with Crippen molar-refractivity contribution < 1.29 is 14.7 Å².